The molecule has 19 atom stereocenters. The molecule has 99 heavy (non-hydrogen) atoms. The Bertz CT molecular complexity index is 3050. The van der Waals surface area contributed by atoms with Crippen molar-refractivity contribution in [3.8, 4) is 0 Å². The Morgan fingerprint density at radius 2 is 1.35 bits per heavy atom. The number of methoxy groups -OCH3 is 1. The van der Waals surface area contributed by atoms with Crippen molar-refractivity contribution < 1.29 is 97.0 Å². The molecule has 4 heterocycles. The third kappa shape index (κ3) is 19.4. The fourth-order valence-corrected chi connectivity index (χ4v) is 21.2. The van der Waals surface area contributed by atoms with Crippen molar-refractivity contribution >= 4 is 49.4 Å². The molecule has 1 aromatic carbocycles. The number of ketones is 3. The summed E-state index contributed by atoms with van der Waals surface area (Å²) in [7, 11) is 4.83. The van der Waals surface area contributed by atoms with Crippen LogP contribution in [-0.4, -0.2) is 147 Å². The Morgan fingerprint density at radius 1 is 0.768 bits per heavy atom. The number of hydrogen-bond acceptors (Lipinski definition) is 16. The summed E-state index contributed by atoms with van der Waals surface area (Å²) in [6.07, 6.45) is 25.5. The van der Waals surface area contributed by atoms with Gasteiger partial charge < -0.3 is 44.6 Å². The van der Waals surface area contributed by atoms with Crippen LogP contribution >= 0.6 is 0 Å². The molecule has 4 saturated heterocycles. The Hall–Kier alpha value is -3.89. The van der Waals surface area contributed by atoms with E-state index in [0.717, 1.165) is 119 Å². The van der Waals surface area contributed by atoms with Gasteiger partial charge in [-0.1, -0.05) is 99.7 Å². The molecule has 5 N–H and O–H groups in total. The second-order valence-electron chi connectivity index (χ2n) is 32.8. The van der Waals surface area contributed by atoms with Gasteiger partial charge in [0.15, 0.2) is 11.6 Å². The maximum atomic E-state index is 12.3. The van der Waals surface area contributed by atoms with E-state index in [9.17, 15) is 28.8 Å². The van der Waals surface area contributed by atoms with E-state index in [0.29, 0.717) is 90.5 Å². The van der Waals surface area contributed by atoms with Gasteiger partial charge in [-0.2, -0.15) is 6.92 Å². The molecule has 2 spiro atoms. The van der Waals surface area contributed by atoms with Crippen LogP contribution in [-0.2, 0) is 52.4 Å². The second kappa shape index (κ2) is 36.2. The Kier molecular flexibility index (Phi) is 30.7. The molecule has 1 amide bonds. The molecule has 18 nitrogen and oxygen atoms in total. The fraction of sp³-hybridized carbons (Fsp3) is 0.759. The molecule has 1 radical (unpaired) electrons. The number of esters is 2. The first kappa shape index (κ1) is 84.1. The summed E-state index contributed by atoms with van der Waals surface area (Å²) in [5, 5.41) is 9.70. The number of fused-ring (bicyclic) bond motifs is 12. The Morgan fingerprint density at radius 3 is 1.95 bits per heavy atom. The molecule has 13 rings (SSSR count). The molecule has 4 aliphatic heterocycles. The van der Waals surface area contributed by atoms with Crippen LogP contribution in [0, 0.1) is 75.9 Å². The number of nitrogens with one attached hydrogen (secondary N) is 3. The molecule has 545 valence electrons. The fourth-order valence-electron chi connectivity index (χ4n) is 21.2. The first-order chi connectivity index (χ1) is 46.0. The van der Waals surface area contributed by atoms with E-state index in [2.05, 4.69) is 88.7 Å². The van der Waals surface area contributed by atoms with Crippen LogP contribution in [0.1, 0.15) is 229 Å². The molecule has 1 unspecified atom stereocenters. The van der Waals surface area contributed by atoms with Gasteiger partial charge in [-0.05, 0) is 214 Å². The van der Waals surface area contributed by atoms with Crippen molar-refractivity contribution in [2.45, 2.75) is 260 Å². The molecule has 5 saturated carbocycles. The van der Waals surface area contributed by atoms with E-state index < -0.39 is 17.5 Å². The SMILES string of the molecule is CC(=O)OC(C)=O.CC1=C2C[C@H]3[C@@H](CCC4=CC(=O)CC[C@@]43C)[C@@H]2CC[C@@]2(C1)O[C@@H]1C[C@H](C)CN(CCNC(=O)OC(C)(C)C)[C@H]1[C@H]2C.CC1=C2C[C@H]3[C@@H](CCC4CC(=O)CC[C@@]43C)[C@@H]2CC[C@@]2(C1)O[C@@H]1C[C@H](C)CN[C@H]1[C@H]2C.COCNCC(=O)c1ccccc1.C[C-]=O.O.[B]=O.[Na+]. The van der Waals surface area contributed by atoms with Crippen molar-refractivity contribution in [1.29, 1.82) is 0 Å². The zero-order valence-electron chi connectivity index (χ0n) is 63.1. The van der Waals surface area contributed by atoms with Gasteiger partial charge in [0.25, 0.3) is 0 Å². The number of alkyl carbamates (subject to hydrolysis) is 1. The van der Waals surface area contributed by atoms with Gasteiger partial charge in [-0.15, -0.1) is 0 Å². The topological polar surface area (TPSA) is 254 Å². The third-order valence-electron chi connectivity index (χ3n) is 25.6. The Balaban J connectivity index is 0.000000233. The van der Waals surface area contributed by atoms with E-state index in [-0.39, 0.29) is 69.6 Å². The van der Waals surface area contributed by atoms with Crippen LogP contribution in [0.4, 0.5) is 4.79 Å². The number of allylic oxidation sites excluding steroid dienone is 4. The number of nitrogens with zero attached hydrogens (tertiary/aromatic N) is 1. The van der Waals surface area contributed by atoms with Gasteiger partial charge >= 0.3 is 60.0 Å². The number of carbonyl (C=O) groups excluding carboxylic acids is 7. The smallest absolute Gasteiger partial charge is 1.00 e. The van der Waals surface area contributed by atoms with E-state index >= 15 is 0 Å². The van der Waals surface area contributed by atoms with Gasteiger partial charge in [-0.25, -0.2) is 4.79 Å². The number of ether oxygens (including phenoxy) is 5. The first-order valence-electron chi connectivity index (χ1n) is 36.9. The van der Waals surface area contributed by atoms with Crippen molar-refractivity contribution in [2.75, 3.05) is 46.6 Å². The predicted octanol–water partition coefficient (Wildman–Crippen LogP) is 9.47. The average molecular weight is 1380 g/mol. The molecule has 8 aliphatic carbocycles. The van der Waals surface area contributed by atoms with Gasteiger partial charge in [0, 0.05) is 89.3 Å². The number of benzene rings is 1. The van der Waals surface area contributed by atoms with Crippen LogP contribution in [0.5, 0.6) is 0 Å². The number of hydrogen-bond donors (Lipinski definition) is 3. The maximum Gasteiger partial charge on any atom is 1.00 e. The summed E-state index contributed by atoms with van der Waals surface area (Å²) in [5.41, 5.74) is 9.11. The zero-order chi connectivity index (χ0) is 71.0. The third-order valence-corrected chi connectivity index (χ3v) is 25.6. The number of Topliss-reactive ketones (excluding diaryl/α,β-unsaturated/α-hetero) is 2. The summed E-state index contributed by atoms with van der Waals surface area (Å²) < 4.78 is 36.2. The number of rotatable bonds is 8. The summed E-state index contributed by atoms with van der Waals surface area (Å²) in [6.45, 7) is 33.3. The minimum absolute atomic E-state index is 0. The van der Waals surface area contributed by atoms with Gasteiger partial charge in [0.1, 0.15) is 11.4 Å². The number of amides is 1. The molecule has 12 aliphatic rings. The normalized spacial score (nSPS) is 36.7. The van der Waals surface area contributed by atoms with Crippen molar-refractivity contribution in [3.05, 3.63) is 69.8 Å². The van der Waals surface area contributed by atoms with Gasteiger partial charge in [0.2, 0.25) is 0 Å². The summed E-state index contributed by atoms with van der Waals surface area (Å²) in [5.74, 6) is 7.43. The molecular weight excluding hydrogens is 1260 g/mol. The maximum absolute atomic E-state index is 12.3. The predicted molar refractivity (Wildman–Crippen MR) is 380 cm³/mol. The molecule has 0 aromatic heterocycles. The van der Waals surface area contributed by atoms with Crippen LogP contribution in [0.3, 0.4) is 0 Å². The monoisotopic (exact) mass is 1380 g/mol. The largest absolute Gasteiger partial charge is 1.00 e. The zero-order valence-corrected chi connectivity index (χ0v) is 65.1. The van der Waals surface area contributed by atoms with Crippen molar-refractivity contribution in [1.82, 2.24) is 20.9 Å². The van der Waals surface area contributed by atoms with Crippen LogP contribution in [0.15, 0.2) is 64.3 Å². The van der Waals surface area contributed by atoms with Crippen LogP contribution in [0.2, 0.25) is 0 Å². The van der Waals surface area contributed by atoms with E-state index in [1.165, 1.54) is 90.4 Å². The molecule has 0 bridgehead atoms. The summed E-state index contributed by atoms with van der Waals surface area (Å²) >= 11 is 0. The summed E-state index contributed by atoms with van der Waals surface area (Å²) in [4.78, 5) is 79.0. The Labute approximate surface area is 615 Å². The number of likely N-dealkylation sites (tertiary alicyclic amines) is 1. The standard InChI is InChI=1S/C35H54N2O4.C28H43NO2.C10H13NO2.C4H6O3.C2H3O.BO.Na.H2O/c1-21-16-30-31(37(20-21)15-14-36-32(39)41-33(4,5)6)23(3)35(40-30)13-11-26-27-9-8-24-17-25(38)10-12-34(24,7)29(27)18-28(26)22(2)19-35;1-16-11-25-26(29-15-16)18(3)28(31-25)10-8-21-22-6-5-19-12-20(30)7-9-27(19,4)24(22)13-23(21)17(2)14-28;1-13-8-11-7-10(12)9-5-3-2-4-6-9;1-3(5)7-4(2)6;1-2-3;1-2;;/h17,21,23,26-27,29-31H,8-16,18-20H2,1-7H3,(H,36,39);16,18-19,21-22,24-26,29H,5-15H2,1-4H3;2-6,11H,7-8H2,1H3;1-2H3;1H3;;;1H2/q;;;;-1;;+1;/t21-,23+,26-,27-,29-,30+,31-,34-,35-;16-,18+,19?,21-,22-,24-,25+,26-,27-,28-;;;;;;/m00....../s1. The number of carbonyl (C=O) groups is 6. The summed E-state index contributed by atoms with van der Waals surface area (Å²) in [6, 6.07) is 10.1. The quantitative estimate of drug-likeness (QED) is 0.0320. The number of piperidine rings is 2. The first-order valence-corrected chi connectivity index (χ1v) is 36.9. The average Bonchev–Trinajstić information content (AvgIpc) is 1.48. The van der Waals surface area contributed by atoms with Crippen LogP contribution in [0.25, 0.3) is 0 Å². The van der Waals surface area contributed by atoms with Crippen molar-refractivity contribution in [3.63, 3.8) is 0 Å². The van der Waals surface area contributed by atoms with Gasteiger partial charge in [0.05, 0.1) is 36.7 Å². The molecule has 1 aromatic rings. The van der Waals surface area contributed by atoms with E-state index in [1.807, 2.05) is 50.6 Å². The minimum Gasteiger partial charge on any atom is 1.00 e. The molecule has 9 fully saturated rings. The van der Waals surface area contributed by atoms with E-state index in [4.69, 9.17) is 28.4 Å². The molecular formula is C79H121BN4NaO14. The van der Waals surface area contributed by atoms with Gasteiger partial charge in [-0.3, -0.25) is 40.5 Å². The second-order valence-corrected chi connectivity index (χ2v) is 32.8. The van der Waals surface area contributed by atoms with E-state index in [1.54, 1.807) is 36.0 Å². The molecule has 20 heteroatoms. The minimum atomic E-state index is -0.562. The van der Waals surface area contributed by atoms with Crippen LogP contribution < -0.4 is 45.5 Å². The van der Waals surface area contributed by atoms with Crippen molar-refractivity contribution in [2.24, 2.45) is 75.9 Å².